The van der Waals surface area contributed by atoms with Gasteiger partial charge in [-0.25, -0.2) is 0 Å². The SMILES string of the molecule is COc1sc(CN(C)C(C)(C)CO)cc1Br. The van der Waals surface area contributed by atoms with Crippen molar-refractivity contribution in [3.05, 3.63) is 15.4 Å². The van der Waals surface area contributed by atoms with Crippen molar-refractivity contribution in [3.63, 3.8) is 0 Å². The average molecular weight is 308 g/mol. The number of likely N-dealkylation sites (N-methyl/N-ethyl adjacent to an activating group) is 1. The molecule has 5 heteroatoms. The summed E-state index contributed by atoms with van der Waals surface area (Å²) in [5.41, 5.74) is -0.205. The van der Waals surface area contributed by atoms with Crippen LogP contribution in [0.5, 0.6) is 5.06 Å². The molecular weight excluding hydrogens is 290 g/mol. The summed E-state index contributed by atoms with van der Waals surface area (Å²) in [6.07, 6.45) is 0. The Morgan fingerprint density at radius 3 is 2.62 bits per heavy atom. The van der Waals surface area contributed by atoms with Gasteiger partial charge in [-0.2, -0.15) is 0 Å². The zero-order valence-electron chi connectivity index (χ0n) is 10.1. The smallest absolute Gasteiger partial charge is 0.188 e. The van der Waals surface area contributed by atoms with E-state index in [-0.39, 0.29) is 12.1 Å². The van der Waals surface area contributed by atoms with E-state index in [2.05, 4.69) is 26.9 Å². The third-order valence-electron chi connectivity index (χ3n) is 2.71. The van der Waals surface area contributed by atoms with E-state index in [1.165, 1.54) is 4.88 Å². The number of aliphatic hydroxyl groups excluding tert-OH is 1. The maximum Gasteiger partial charge on any atom is 0.188 e. The molecule has 0 aliphatic rings. The molecule has 0 aliphatic heterocycles. The van der Waals surface area contributed by atoms with Gasteiger partial charge in [-0.15, -0.1) is 11.3 Å². The average Bonchev–Trinajstić information content (AvgIpc) is 2.58. The highest BCUT2D eigenvalue weighted by Gasteiger charge is 2.23. The second kappa shape index (κ2) is 5.49. The lowest BCUT2D eigenvalue weighted by molar-refractivity contribution is 0.0741. The van der Waals surface area contributed by atoms with E-state index in [1.807, 2.05) is 20.9 Å². The third-order valence-corrected chi connectivity index (χ3v) is 4.64. The first kappa shape index (κ1) is 14.0. The summed E-state index contributed by atoms with van der Waals surface area (Å²) in [5.74, 6) is 0. The van der Waals surface area contributed by atoms with Crippen LogP contribution in [0.15, 0.2) is 10.5 Å². The van der Waals surface area contributed by atoms with Gasteiger partial charge in [0.2, 0.25) is 0 Å². The number of nitrogens with zero attached hydrogens (tertiary/aromatic N) is 1. The van der Waals surface area contributed by atoms with Crippen LogP contribution < -0.4 is 4.74 Å². The molecule has 16 heavy (non-hydrogen) atoms. The van der Waals surface area contributed by atoms with Crippen LogP contribution in [-0.2, 0) is 6.54 Å². The fourth-order valence-corrected chi connectivity index (χ4v) is 2.93. The van der Waals surface area contributed by atoms with Crippen LogP contribution in [0.4, 0.5) is 0 Å². The normalized spacial score (nSPS) is 12.2. The van der Waals surface area contributed by atoms with Crippen LogP contribution in [-0.4, -0.2) is 36.3 Å². The highest BCUT2D eigenvalue weighted by Crippen LogP contribution is 2.35. The molecule has 1 heterocycles. The second-order valence-electron chi connectivity index (χ2n) is 4.38. The Balaban J connectivity index is 2.73. The molecule has 0 spiro atoms. The summed E-state index contributed by atoms with van der Waals surface area (Å²) in [4.78, 5) is 3.35. The molecule has 0 unspecified atom stereocenters. The number of aliphatic hydroxyl groups is 1. The van der Waals surface area contributed by atoms with Crippen molar-refractivity contribution >= 4 is 27.3 Å². The fourth-order valence-electron chi connectivity index (χ4n) is 1.18. The number of hydrogen-bond donors (Lipinski definition) is 1. The minimum atomic E-state index is -0.205. The molecule has 0 aromatic carbocycles. The molecule has 92 valence electrons. The quantitative estimate of drug-likeness (QED) is 0.908. The minimum absolute atomic E-state index is 0.146. The lowest BCUT2D eigenvalue weighted by atomic mass is 10.1. The van der Waals surface area contributed by atoms with Gasteiger partial charge in [0.05, 0.1) is 18.2 Å². The third kappa shape index (κ3) is 3.20. The first-order valence-electron chi connectivity index (χ1n) is 5.05. The van der Waals surface area contributed by atoms with Crippen LogP contribution in [0.3, 0.4) is 0 Å². The summed E-state index contributed by atoms with van der Waals surface area (Å²) in [6.45, 7) is 4.99. The van der Waals surface area contributed by atoms with Gasteiger partial charge in [0, 0.05) is 17.0 Å². The van der Waals surface area contributed by atoms with Crippen LogP contribution in [0.25, 0.3) is 0 Å². The van der Waals surface area contributed by atoms with E-state index in [9.17, 15) is 5.11 Å². The molecule has 1 aromatic rings. The van der Waals surface area contributed by atoms with Crippen molar-refractivity contribution < 1.29 is 9.84 Å². The molecule has 1 rings (SSSR count). The number of ether oxygens (including phenoxy) is 1. The van der Waals surface area contributed by atoms with Gasteiger partial charge in [-0.3, -0.25) is 4.90 Å². The van der Waals surface area contributed by atoms with Crippen LogP contribution in [0.2, 0.25) is 0 Å². The zero-order valence-corrected chi connectivity index (χ0v) is 12.5. The van der Waals surface area contributed by atoms with Gasteiger partial charge in [-0.1, -0.05) is 0 Å². The maximum atomic E-state index is 9.28. The van der Waals surface area contributed by atoms with Crippen molar-refractivity contribution in [1.29, 1.82) is 0 Å². The highest BCUT2D eigenvalue weighted by atomic mass is 79.9. The van der Waals surface area contributed by atoms with Gasteiger partial charge in [0.1, 0.15) is 0 Å². The van der Waals surface area contributed by atoms with E-state index in [0.717, 1.165) is 16.1 Å². The molecule has 0 amide bonds. The molecule has 0 radical (unpaired) electrons. The Kier molecular flexibility index (Phi) is 4.79. The molecule has 1 N–H and O–H groups in total. The number of hydrogen-bond acceptors (Lipinski definition) is 4. The van der Waals surface area contributed by atoms with Crippen molar-refractivity contribution in [1.82, 2.24) is 4.90 Å². The molecule has 1 aromatic heterocycles. The molecule has 0 saturated heterocycles. The Morgan fingerprint density at radius 1 is 1.56 bits per heavy atom. The lowest BCUT2D eigenvalue weighted by Crippen LogP contribution is -2.43. The number of thiophene rings is 1. The molecule has 0 fully saturated rings. The fraction of sp³-hybridized carbons (Fsp3) is 0.636. The topological polar surface area (TPSA) is 32.7 Å². The van der Waals surface area contributed by atoms with Gasteiger partial charge in [0.25, 0.3) is 0 Å². The molecular formula is C11H18BrNO2S. The molecule has 0 atom stereocenters. The Hall–Kier alpha value is -0.100. The largest absolute Gasteiger partial charge is 0.486 e. The molecule has 0 aliphatic carbocycles. The summed E-state index contributed by atoms with van der Waals surface area (Å²) in [7, 11) is 3.68. The number of rotatable bonds is 5. The van der Waals surface area contributed by atoms with E-state index in [1.54, 1.807) is 18.4 Å². The minimum Gasteiger partial charge on any atom is -0.486 e. The van der Waals surface area contributed by atoms with E-state index >= 15 is 0 Å². The predicted molar refractivity (Wildman–Crippen MR) is 71.2 cm³/mol. The predicted octanol–water partition coefficient (Wildman–Crippen LogP) is 2.72. The van der Waals surface area contributed by atoms with E-state index in [4.69, 9.17) is 4.74 Å². The van der Waals surface area contributed by atoms with Gasteiger partial charge >= 0.3 is 0 Å². The van der Waals surface area contributed by atoms with Crippen molar-refractivity contribution in [3.8, 4) is 5.06 Å². The molecule has 3 nitrogen and oxygen atoms in total. The maximum absolute atomic E-state index is 9.28. The van der Waals surface area contributed by atoms with E-state index < -0.39 is 0 Å². The Bertz CT molecular complexity index is 352. The van der Waals surface area contributed by atoms with Gasteiger partial charge in [0.15, 0.2) is 5.06 Å². The van der Waals surface area contributed by atoms with Crippen molar-refractivity contribution in [2.75, 3.05) is 20.8 Å². The molecule has 0 bridgehead atoms. The van der Waals surface area contributed by atoms with Crippen LogP contribution in [0.1, 0.15) is 18.7 Å². The summed E-state index contributed by atoms with van der Waals surface area (Å²) in [6, 6.07) is 2.06. The first-order chi connectivity index (χ1) is 7.40. The van der Waals surface area contributed by atoms with Crippen molar-refractivity contribution in [2.45, 2.75) is 25.9 Å². The first-order valence-corrected chi connectivity index (χ1v) is 6.66. The van der Waals surface area contributed by atoms with E-state index in [0.29, 0.717) is 0 Å². The van der Waals surface area contributed by atoms with Gasteiger partial charge in [-0.05, 0) is 42.9 Å². The molecule has 0 saturated carbocycles. The summed E-state index contributed by atoms with van der Waals surface area (Å²) < 4.78 is 6.21. The van der Waals surface area contributed by atoms with Gasteiger partial charge < -0.3 is 9.84 Å². The van der Waals surface area contributed by atoms with Crippen LogP contribution >= 0.6 is 27.3 Å². The Labute approximate surface area is 109 Å². The standard InChI is InChI=1S/C11H18BrNO2S/c1-11(2,7-14)13(3)6-8-5-9(12)10(15-4)16-8/h5,14H,6-7H2,1-4H3. The number of methoxy groups -OCH3 is 1. The summed E-state index contributed by atoms with van der Waals surface area (Å²) >= 11 is 5.07. The van der Waals surface area contributed by atoms with Crippen LogP contribution in [0, 0.1) is 0 Å². The van der Waals surface area contributed by atoms with Crippen molar-refractivity contribution in [2.24, 2.45) is 0 Å². The summed E-state index contributed by atoms with van der Waals surface area (Å²) in [5, 5.41) is 10.2. The monoisotopic (exact) mass is 307 g/mol. The number of halogens is 1. The Morgan fingerprint density at radius 2 is 2.19 bits per heavy atom. The highest BCUT2D eigenvalue weighted by molar-refractivity contribution is 9.10. The second-order valence-corrected chi connectivity index (χ2v) is 6.33. The lowest BCUT2D eigenvalue weighted by Gasteiger charge is -2.33. The zero-order chi connectivity index (χ0) is 12.3.